The Bertz CT molecular complexity index is 860. The molecule has 0 aliphatic carbocycles. The van der Waals surface area contributed by atoms with Crippen LogP contribution >= 0.6 is 11.8 Å². The molecule has 0 saturated heterocycles. The van der Waals surface area contributed by atoms with Gasteiger partial charge in [0.05, 0.1) is 24.4 Å². The molecule has 0 saturated carbocycles. The monoisotopic (exact) mass is 372 g/mol. The van der Waals surface area contributed by atoms with Gasteiger partial charge in [-0.3, -0.25) is 4.57 Å². The summed E-state index contributed by atoms with van der Waals surface area (Å²) in [6, 6.07) is 7.71. The fraction of sp³-hybridized carbons (Fsp3) is 0.278. The first kappa shape index (κ1) is 18.1. The van der Waals surface area contributed by atoms with Gasteiger partial charge in [0.2, 0.25) is 0 Å². The number of aromatic nitrogens is 2. The molecule has 8 heteroatoms. The molecule has 0 bridgehead atoms. The van der Waals surface area contributed by atoms with Gasteiger partial charge in [-0.25, -0.2) is 14.6 Å². The number of imidazole rings is 1. The second-order valence-corrected chi connectivity index (χ2v) is 6.58. The molecular formula is C18H20N4O3S. The van der Waals surface area contributed by atoms with Gasteiger partial charge in [-0.2, -0.15) is 0 Å². The van der Waals surface area contributed by atoms with Crippen LogP contribution in [-0.2, 0) is 9.53 Å². The number of urea groups is 1. The Morgan fingerprint density at radius 3 is 2.96 bits per heavy atom. The van der Waals surface area contributed by atoms with Crippen LogP contribution in [0.5, 0.6) is 0 Å². The number of aryl methyl sites for hydroxylation is 1. The summed E-state index contributed by atoms with van der Waals surface area (Å²) in [5.74, 6) is -0.0115. The molecule has 1 aliphatic heterocycles. The third-order valence-electron chi connectivity index (χ3n) is 3.90. The van der Waals surface area contributed by atoms with Crippen molar-refractivity contribution in [2.75, 3.05) is 18.9 Å². The maximum Gasteiger partial charge on any atom is 0.337 e. The van der Waals surface area contributed by atoms with E-state index < -0.39 is 5.97 Å². The van der Waals surface area contributed by atoms with E-state index >= 15 is 0 Å². The maximum absolute atomic E-state index is 12.1. The second-order valence-electron chi connectivity index (χ2n) is 5.64. The first-order chi connectivity index (χ1) is 12.6. The van der Waals surface area contributed by atoms with Gasteiger partial charge >= 0.3 is 12.0 Å². The van der Waals surface area contributed by atoms with Crippen LogP contribution in [0.25, 0.3) is 5.69 Å². The molecule has 1 aromatic heterocycles. The van der Waals surface area contributed by atoms with E-state index in [-0.39, 0.29) is 19.2 Å². The number of carbonyl (C=O) groups is 2. The molecule has 2 amide bonds. The molecule has 1 aromatic carbocycles. The van der Waals surface area contributed by atoms with Crippen LogP contribution in [0, 0.1) is 6.92 Å². The third-order valence-corrected chi connectivity index (χ3v) is 4.90. The zero-order valence-corrected chi connectivity index (χ0v) is 15.4. The summed E-state index contributed by atoms with van der Waals surface area (Å²) < 4.78 is 7.07. The van der Waals surface area contributed by atoms with E-state index in [0.717, 1.165) is 16.4 Å². The summed E-state index contributed by atoms with van der Waals surface area (Å²) in [5.41, 5.74) is 3.17. The van der Waals surface area contributed by atoms with Gasteiger partial charge in [-0.15, -0.1) is 0 Å². The highest BCUT2D eigenvalue weighted by atomic mass is 32.2. The number of ether oxygens (including phenoxy) is 1. The van der Waals surface area contributed by atoms with Crippen molar-refractivity contribution in [2.24, 2.45) is 0 Å². The van der Waals surface area contributed by atoms with Crippen molar-refractivity contribution in [3.63, 3.8) is 0 Å². The van der Waals surface area contributed by atoms with Gasteiger partial charge in [0, 0.05) is 23.8 Å². The Hall–Kier alpha value is -2.74. The summed E-state index contributed by atoms with van der Waals surface area (Å²) in [6.45, 7) is 4.24. The lowest BCUT2D eigenvalue weighted by Crippen LogP contribution is -2.44. The molecule has 0 atom stereocenters. The molecule has 7 nitrogen and oxygen atoms in total. The van der Waals surface area contributed by atoms with Crippen LogP contribution in [0.2, 0.25) is 0 Å². The average Bonchev–Trinajstić information content (AvgIpc) is 3.09. The van der Waals surface area contributed by atoms with Crippen LogP contribution < -0.4 is 10.6 Å². The Balaban J connectivity index is 1.82. The number of benzene rings is 1. The highest BCUT2D eigenvalue weighted by Crippen LogP contribution is 2.25. The molecule has 3 rings (SSSR count). The first-order valence-electron chi connectivity index (χ1n) is 8.26. The zero-order valence-electron chi connectivity index (χ0n) is 14.6. The topological polar surface area (TPSA) is 85.2 Å². The van der Waals surface area contributed by atoms with Crippen LogP contribution in [0.15, 0.2) is 53.1 Å². The minimum atomic E-state index is -0.419. The summed E-state index contributed by atoms with van der Waals surface area (Å²) in [5, 5.41) is 6.09. The molecule has 0 unspecified atom stereocenters. The van der Waals surface area contributed by atoms with E-state index in [1.807, 2.05) is 42.0 Å². The smallest absolute Gasteiger partial charge is 0.337 e. The molecule has 0 spiro atoms. The van der Waals surface area contributed by atoms with E-state index in [9.17, 15) is 9.59 Å². The molecule has 136 valence electrons. The lowest BCUT2D eigenvalue weighted by molar-refractivity contribution is -0.138. The zero-order chi connectivity index (χ0) is 18.5. The lowest BCUT2D eigenvalue weighted by atomic mass is 10.2. The predicted molar refractivity (Wildman–Crippen MR) is 99.2 cm³/mol. The van der Waals surface area contributed by atoms with E-state index in [0.29, 0.717) is 17.0 Å². The number of carbonyl (C=O) groups excluding carboxylic acids is 2. The van der Waals surface area contributed by atoms with E-state index in [4.69, 9.17) is 4.74 Å². The van der Waals surface area contributed by atoms with Crippen LogP contribution in [0.3, 0.4) is 0 Å². The molecule has 2 N–H and O–H groups in total. The van der Waals surface area contributed by atoms with Crippen LogP contribution in [0.1, 0.15) is 12.5 Å². The Morgan fingerprint density at radius 2 is 2.19 bits per heavy atom. The number of amides is 2. The third kappa shape index (κ3) is 3.91. The number of hydrogen-bond acceptors (Lipinski definition) is 5. The fourth-order valence-corrected chi connectivity index (χ4v) is 3.57. The van der Waals surface area contributed by atoms with Crippen molar-refractivity contribution in [2.45, 2.75) is 19.0 Å². The number of esters is 1. The number of para-hydroxylation sites is 1. The van der Waals surface area contributed by atoms with Crippen molar-refractivity contribution in [3.8, 4) is 5.69 Å². The quantitative estimate of drug-likeness (QED) is 0.601. The van der Waals surface area contributed by atoms with Crippen molar-refractivity contribution in [3.05, 3.63) is 53.5 Å². The van der Waals surface area contributed by atoms with Crippen LogP contribution in [-0.4, -0.2) is 40.5 Å². The number of hydrogen-bond donors (Lipinski definition) is 2. The summed E-state index contributed by atoms with van der Waals surface area (Å²) in [4.78, 5) is 28.2. The number of rotatable bonds is 6. The maximum atomic E-state index is 12.1. The molecule has 0 fully saturated rings. The molecule has 2 heterocycles. The molecule has 0 radical (unpaired) electrons. The Kier molecular flexibility index (Phi) is 5.62. The van der Waals surface area contributed by atoms with Crippen molar-refractivity contribution >= 4 is 23.8 Å². The molecule has 2 aromatic rings. The van der Waals surface area contributed by atoms with Crippen LogP contribution in [0.4, 0.5) is 4.79 Å². The predicted octanol–water partition coefficient (Wildman–Crippen LogP) is 2.40. The van der Waals surface area contributed by atoms with Gasteiger partial charge in [0.15, 0.2) is 5.16 Å². The number of nitrogens with zero attached hydrogens (tertiary/aromatic N) is 2. The standard InChI is InChI=1S/C18H20N4O3S/c1-3-25-16(23)13-10-20-17(24)21-14(13)11-26-18-19-8-9-22(18)15-7-5-4-6-12(15)2/h4-9H,3,10-11H2,1-2H3,(H2,20,21,24). The number of nitrogens with one attached hydrogen (secondary N) is 2. The van der Waals surface area contributed by atoms with E-state index in [1.54, 1.807) is 13.1 Å². The Morgan fingerprint density at radius 1 is 1.38 bits per heavy atom. The van der Waals surface area contributed by atoms with E-state index in [2.05, 4.69) is 15.6 Å². The molecule has 1 aliphatic rings. The SMILES string of the molecule is CCOC(=O)C1=C(CSc2nccn2-c2ccccc2C)NC(=O)NC1. The minimum Gasteiger partial charge on any atom is -0.463 e. The molecular weight excluding hydrogens is 352 g/mol. The number of thioether (sulfide) groups is 1. The van der Waals surface area contributed by atoms with Crippen molar-refractivity contribution in [1.82, 2.24) is 20.2 Å². The van der Waals surface area contributed by atoms with Gasteiger partial charge in [-0.1, -0.05) is 30.0 Å². The highest BCUT2D eigenvalue weighted by molar-refractivity contribution is 7.99. The fourth-order valence-electron chi connectivity index (χ4n) is 2.62. The summed E-state index contributed by atoms with van der Waals surface area (Å²) >= 11 is 1.45. The second kappa shape index (κ2) is 8.09. The lowest BCUT2D eigenvalue weighted by Gasteiger charge is -2.21. The van der Waals surface area contributed by atoms with Gasteiger partial charge in [-0.05, 0) is 25.5 Å². The largest absolute Gasteiger partial charge is 0.463 e. The summed E-state index contributed by atoms with van der Waals surface area (Å²) in [6.07, 6.45) is 3.63. The molecule has 26 heavy (non-hydrogen) atoms. The first-order valence-corrected chi connectivity index (χ1v) is 9.25. The highest BCUT2D eigenvalue weighted by Gasteiger charge is 2.24. The van der Waals surface area contributed by atoms with Gasteiger partial charge < -0.3 is 15.4 Å². The minimum absolute atomic E-state index is 0.160. The van der Waals surface area contributed by atoms with E-state index in [1.165, 1.54) is 11.8 Å². The summed E-state index contributed by atoms with van der Waals surface area (Å²) in [7, 11) is 0. The van der Waals surface area contributed by atoms with Gasteiger partial charge in [0.25, 0.3) is 0 Å². The average molecular weight is 372 g/mol. The van der Waals surface area contributed by atoms with Crippen molar-refractivity contribution in [1.29, 1.82) is 0 Å². The van der Waals surface area contributed by atoms with Crippen molar-refractivity contribution < 1.29 is 14.3 Å². The van der Waals surface area contributed by atoms with Gasteiger partial charge in [0.1, 0.15) is 0 Å². The Labute approximate surface area is 155 Å². The normalized spacial score (nSPS) is 14.0.